The zero-order valence-corrected chi connectivity index (χ0v) is 19.1. The van der Waals surface area contributed by atoms with Crippen LogP contribution in [-0.4, -0.2) is 51.8 Å². The van der Waals surface area contributed by atoms with Gasteiger partial charge in [0.05, 0.1) is 17.5 Å². The summed E-state index contributed by atoms with van der Waals surface area (Å²) in [6, 6.07) is 11.3. The molecule has 2 atom stereocenters. The summed E-state index contributed by atoms with van der Waals surface area (Å²) in [6.07, 6.45) is -3.48. The van der Waals surface area contributed by atoms with Gasteiger partial charge in [0.2, 0.25) is 5.91 Å². The molecule has 0 aromatic heterocycles. The predicted octanol–water partition coefficient (Wildman–Crippen LogP) is 4.38. The molecule has 4 rings (SSSR count). The second-order valence-electron chi connectivity index (χ2n) is 8.48. The first-order valence-corrected chi connectivity index (χ1v) is 11.4. The number of ether oxygens (including phenoxy) is 1. The van der Waals surface area contributed by atoms with Gasteiger partial charge in [0.25, 0.3) is 0 Å². The molecule has 33 heavy (non-hydrogen) atoms. The van der Waals surface area contributed by atoms with Gasteiger partial charge in [0.1, 0.15) is 0 Å². The number of carbonyl (C=O) groups excluding carboxylic acids is 1. The maximum Gasteiger partial charge on any atom is 0.416 e. The van der Waals surface area contributed by atoms with Gasteiger partial charge in [-0.05, 0) is 54.8 Å². The van der Waals surface area contributed by atoms with Gasteiger partial charge < -0.3 is 19.9 Å². The van der Waals surface area contributed by atoms with E-state index >= 15 is 0 Å². The van der Waals surface area contributed by atoms with Crippen molar-refractivity contribution >= 4 is 28.9 Å². The Morgan fingerprint density at radius 2 is 2.03 bits per heavy atom. The van der Waals surface area contributed by atoms with E-state index in [4.69, 9.17) is 16.3 Å². The molecule has 1 amide bonds. The lowest BCUT2D eigenvalue weighted by molar-refractivity contribution is -0.137. The van der Waals surface area contributed by atoms with E-state index in [1.807, 2.05) is 24.3 Å². The zero-order chi connectivity index (χ0) is 23.6. The lowest BCUT2D eigenvalue weighted by Crippen LogP contribution is -2.61. The summed E-state index contributed by atoms with van der Waals surface area (Å²) in [5, 5.41) is 3.59. The van der Waals surface area contributed by atoms with Crippen LogP contribution in [-0.2, 0) is 22.1 Å². The highest BCUT2D eigenvalue weighted by Crippen LogP contribution is 2.40. The number of piperazine rings is 1. The van der Waals surface area contributed by atoms with Crippen molar-refractivity contribution < 1.29 is 22.7 Å². The Balaban J connectivity index is 1.62. The molecule has 178 valence electrons. The second-order valence-corrected chi connectivity index (χ2v) is 8.91. The molecule has 0 aliphatic carbocycles. The molecule has 2 aromatic carbocycles. The number of hydrogen-bond donors (Lipinski definition) is 1. The fraction of sp³-hybridized carbons (Fsp3) is 0.458. The van der Waals surface area contributed by atoms with Gasteiger partial charge in [-0.3, -0.25) is 4.79 Å². The lowest BCUT2D eigenvalue weighted by Gasteiger charge is -2.49. The average Bonchev–Trinajstić information content (AvgIpc) is 2.80. The third-order valence-corrected chi connectivity index (χ3v) is 6.61. The van der Waals surface area contributed by atoms with E-state index in [1.54, 1.807) is 13.2 Å². The van der Waals surface area contributed by atoms with Crippen molar-refractivity contribution in [3.63, 3.8) is 0 Å². The van der Waals surface area contributed by atoms with E-state index in [2.05, 4.69) is 15.1 Å². The third kappa shape index (κ3) is 5.22. The molecule has 1 fully saturated rings. The minimum atomic E-state index is -4.42. The topological polar surface area (TPSA) is 44.8 Å². The summed E-state index contributed by atoms with van der Waals surface area (Å²) in [6.45, 7) is 2.85. The van der Waals surface area contributed by atoms with E-state index in [0.29, 0.717) is 49.8 Å². The molecule has 2 aromatic rings. The number of methoxy groups -OCH3 is 1. The molecule has 0 bridgehead atoms. The molecule has 2 unspecified atom stereocenters. The fourth-order valence-electron chi connectivity index (χ4n) is 4.77. The first kappa shape index (κ1) is 23.7. The Bertz CT molecular complexity index is 1000. The Morgan fingerprint density at radius 1 is 1.21 bits per heavy atom. The number of benzene rings is 2. The second kappa shape index (κ2) is 9.81. The molecule has 9 heteroatoms. The molecule has 5 nitrogen and oxygen atoms in total. The molecule has 0 saturated carbocycles. The van der Waals surface area contributed by atoms with E-state index in [0.717, 1.165) is 17.4 Å². The molecule has 0 spiro atoms. The third-order valence-electron chi connectivity index (χ3n) is 6.37. The SMILES string of the molecule is COCCCNC(=O)C1Cc2cc(C(F)(F)F)ccc2N2CCN(c3cccc(Cl)c3)CC12. The Hall–Kier alpha value is -2.45. The summed E-state index contributed by atoms with van der Waals surface area (Å²) in [4.78, 5) is 17.4. The van der Waals surface area contributed by atoms with Crippen molar-refractivity contribution in [1.29, 1.82) is 0 Å². The number of rotatable bonds is 6. The largest absolute Gasteiger partial charge is 0.416 e. The van der Waals surface area contributed by atoms with Gasteiger partial charge in [0, 0.05) is 56.3 Å². The van der Waals surface area contributed by atoms with Crippen molar-refractivity contribution in [3.05, 3.63) is 58.6 Å². The van der Waals surface area contributed by atoms with Crippen LogP contribution in [0.25, 0.3) is 0 Å². The molecular formula is C24H27ClF3N3O2. The van der Waals surface area contributed by atoms with Crippen LogP contribution < -0.4 is 15.1 Å². The van der Waals surface area contributed by atoms with Gasteiger partial charge in [-0.15, -0.1) is 0 Å². The summed E-state index contributed by atoms with van der Waals surface area (Å²) in [5.74, 6) is -0.609. The van der Waals surface area contributed by atoms with Crippen molar-refractivity contribution in [2.75, 3.05) is 49.7 Å². The maximum absolute atomic E-state index is 13.3. The normalized spacial score (nSPS) is 20.3. The average molecular weight is 482 g/mol. The Kier molecular flexibility index (Phi) is 7.05. The van der Waals surface area contributed by atoms with Gasteiger partial charge >= 0.3 is 6.18 Å². The summed E-state index contributed by atoms with van der Waals surface area (Å²) < 4.78 is 45.0. The number of fused-ring (bicyclic) bond motifs is 3. The van der Waals surface area contributed by atoms with E-state index in [1.165, 1.54) is 6.07 Å². The van der Waals surface area contributed by atoms with Gasteiger partial charge in [-0.25, -0.2) is 0 Å². The Morgan fingerprint density at radius 3 is 2.76 bits per heavy atom. The summed E-state index contributed by atoms with van der Waals surface area (Å²) in [5.41, 5.74) is 1.63. The lowest BCUT2D eigenvalue weighted by atomic mass is 9.82. The number of halogens is 4. The molecule has 0 radical (unpaired) electrons. The van der Waals surface area contributed by atoms with Crippen LogP contribution >= 0.6 is 11.6 Å². The molecule has 2 aliphatic heterocycles. The quantitative estimate of drug-likeness (QED) is 0.622. The molecular weight excluding hydrogens is 455 g/mol. The minimum Gasteiger partial charge on any atom is -0.385 e. The number of nitrogens with zero attached hydrogens (tertiary/aromatic N) is 2. The number of nitrogens with one attached hydrogen (secondary N) is 1. The first-order chi connectivity index (χ1) is 15.8. The summed E-state index contributed by atoms with van der Waals surface area (Å²) in [7, 11) is 1.60. The van der Waals surface area contributed by atoms with Crippen LogP contribution in [0.2, 0.25) is 5.02 Å². The van der Waals surface area contributed by atoms with Crippen molar-refractivity contribution in [3.8, 4) is 0 Å². The first-order valence-electron chi connectivity index (χ1n) is 11.0. The van der Waals surface area contributed by atoms with Gasteiger partial charge in [0.15, 0.2) is 0 Å². The van der Waals surface area contributed by atoms with Gasteiger partial charge in [-0.1, -0.05) is 17.7 Å². The molecule has 2 heterocycles. The van der Waals surface area contributed by atoms with Crippen molar-refractivity contribution in [2.45, 2.75) is 25.1 Å². The smallest absolute Gasteiger partial charge is 0.385 e. The van der Waals surface area contributed by atoms with Crippen LogP contribution in [0.1, 0.15) is 17.5 Å². The van der Waals surface area contributed by atoms with Gasteiger partial charge in [-0.2, -0.15) is 13.2 Å². The number of anilines is 2. The van der Waals surface area contributed by atoms with Crippen LogP contribution in [0.3, 0.4) is 0 Å². The zero-order valence-electron chi connectivity index (χ0n) is 18.4. The van der Waals surface area contributed by atoms with E-state index in [-0.39, 0.29) is 18.4 Å². The van der Waals surface area contributed by atoms with E-state index < -0.39 is 17.7 Å². The molecule has 1 N–H and O–H groups in total. The highest BCUT2D eigenvalue weighted by molar-refractivity contribution is 6.30. The summed E-state index contributed by atoms with van der Waals surface area (Å²) >= 11 is 6.18. The van der Waals surface area contributed by atoms with Crippen LogP contribution in [0.15, 0.2) is 42.5 Å². The van der Waals surface area contributed by atoms with Crippen molar-refractivity contribution in [2.24, 2.45) is 5.92 Å². The molecule has 1 saturated heterocycles. The minimum absolute atomic E-state index is 0.142. The monoisotopic (exact) mass is 481 g/mol. The highest BCUT2D eigenvalue weighted by atomic mass is 35.5. The number of alkyl halides is 3. The number of carbonyl (C=O) groups is 1. The van der Waals surface area contributed by atoms with Crippen LogP contribution in [0.5, 0.6) is 0 Å². The van der Waals surface area contributed by atoms with E-state index in [9.17, 15) is 18.0 Å². The van der Waals surface area contributed by atoms with Crippen LogP contribution in [0.4, 0.5) is 24.5 Å². The van der Waals surface area contributed by atoms with Crippen molar-refractivity contribution in [1.82, 2.24) is 5.32 Å². The Labute approximate surface area is 196 Å². The van der Waals surface area contributed by atoms with Crippen LogP contribution in [0, 0.1) is 5.92 Å². The fourth-order valence-corrected chi connectivity index (χ4v) is 4.95. The molecule has 2 aliphatic rings. The predicted molar refractivity (Wildman–Crippen MR) is 123 cm³/mol. The highest BCUT2D eigenvalue weighted by Gasteiger charge is 2.42. The maximum atomic E-state index is 13.3. The standard InChI is InChI=1S/C24H27ClF3N3O2/c1-33-11-3-8-29-23(32)20-13-16-12-17(24(26,27)28)6-7-21(16)31-10-9-30(15-22(20)31)19-5-2-4-18(25)14-19/h2,4-7,12,14,20,22H,3,8-11,13,15H2,1H3,(H,29,32). The number of hydrogen-bond acceptors (Lipinski definition) is 4. The number of amides is 1.